The van der Waals surface area contributed by atoms with E-state index >= 15 is 0 Å². The second-order valence-electron chi connectivity index (χ2n) is 3.41. The van der Waals surface area contributed by atoms with Crippen LogP contribution in [0.5, 0.6) is 0 Å². The Morgan fingerprint density at radius 1 is 1.33 bits per heavy atom. The molecular formula is C13H17O2. The minimum atomic E-state index is -0.215. The molecule has 0 atom stereocenters. The second-order valence-corrected chi connectivity index (χ2v) is 3.41. The quantitative estimate of drug-likeness (QED) is 0.527. The molecule has 2 nitrogen and oxygen atoms in total. The lowest BCUT2D eigenvalue weighted by atomic mass is 10.1. The smallest absolute Gasteiger partial charge is 0.310 e. The van der Waals surface area contributed by atoms with E-state index in [-0.39, 0.29) is 5.97 Å². The summed E-state index contributed by atoms with van der Waals surface area (Å²) in [6, 6.07) is 9.88. The molecule has 0 amide bonds. The molecule has 1 aromatic rings. The number of carbonyl (C=O) groups is 1. The van der Waals surface area contributed by atoms with Crippen molar-refractivity contribution in [2.75, 3.05) is 6.61 Å². The molecule has 0 saturated carbocycles. The van der Waals surface area contributed by atoms with Crippen LogP contribution >= 0.6 is 0 Å². The van der Waals surface area contributed by atoms with Crippen LogP contribution in [0.25, 0.3) is 0 Å². The summed E-state index contributed by atoms with van der Waals surface area (Å²) in [5, 5.41) is 0. The topological polar surface area (TPSA) is 26.3 Å². The molecular weight excluding hydrogens is 188 g/mol. The maximum absolute atomic E-state index is 11.2. The van der Waals surface area contributed by atoms with E-state index in [0.717, 1.165) is 18.4 Å². The molecule has 15 heavy (non-hydrogen) atoms. The summed E-state index contributed by atoms with van der Waals surface area (Å²) >= 11 is 0. The zero-order valence-electron chi connectivity index (χ0n) is 9.11. The molecule has 0 aliphatic rings. The third-order valence-electron chi connectivity index (χ3n) is 2.09. The molecule has 0 aliphatic carbocycles. The summed E-state index contributed by atoms with van der Waals surface area (Å²) in [6.45, 7) is 2.60. The van der Waals surface area contributed by atoms with Crippen LogP contribution in [0.3, 0.4) is 0 Å². The minimum Gasteiger partial charge on any atom is -0.465 e. The number of esters is 1. The maximum Gasteiger partial charge on any atom is 0.310 e. The van der Waals surface area contributed by atoms with E-state index in [1.807, 2.05) is 30.3 Å². The highest BCUT2D eigenvalue weighted by Gasteiger charge is 2.03. The number of hydrogen-bond donors (Lipinski definition) is 0. The average Bonchev–Trinajstić information content (AvgIpc) is 2.28. The van der Waals surface area contributed by atoms with Crippen molar-refractivity contribution in [1.82, 2.24) is 0 Å². The van der Waals surface area contributed by atoms with Crippen LogP contribution in [0, 0.1) is 6.42 Å². The van der Waals surface area contributed by atoms with Crippen LogP contribution < -0.4 is 0 Å². The molecule has 0 spiro atoms. The maximum atomic E-state index is 11.2. The van der Waals surface area contributed by atoms with E-state index in [2.05, 4.69) is 6.92 Å². The van der Waals surface area contributed by atoms with Crippen LogP contribution in [0.4, 0.5) is 0 Å². The van der Waals surface area contributed by atoms with Crippen molar-refractivity contribution in [3.8, 4) is 0 Å². The molecule has 0 bridgehead atoms. The molecule has 0 fully saturated rings. The van der Waals surface area contributed by atoms with Crippen LogP contribution in [-0.4, -0.2) is 12.6 Å². The molecule has 1 aromatic carbocycles. The number of rotatable bonds is 6. The molecule has 0 saturated heterocycles. The van der Waals surface area contributed by atoms with Crippen LogP contribution in [-0.2, 0) is 16.0 Å². The number of carbonyl (C=O) groups excluding carboxylic acids is 1. The largest absolute Gasteiger partial charge is 0.465 e. The number of unbranched alkanes of at least 4 members (excludes halogenated alkanes) is 1. The first-order valence-corrected chi connectivity index (χ1v) is 5.37. The van der Waals surface area contributed by atoms with Crippen LogP contribution in [0.15, 0.2) is 30.3 Å². The van der Waals surface area contributed by atoms with Crippen molar-refractivity contribution in [3.63, 3.8) is 0 Å². The lowest BCUT2D eigenvalue weighted by molar-refractivity contribution is -0.139. The predicted octanol–water partition coefficient (Wildman–Crippen LogP) is 2.78. The predicted molar refractivity (Wildman–Crippen MR) is 60.3 cm³/mol. The van der Waals surface area contributed by atoms with Gasteiger partial charge < -0.3 is 4.74 Å². The Hall–Kier alpha value is -1.31. The van der Waals surface area contributed by atoms with Gasteiger partial charge in [-0.15, -0.1) is 0 Å². The van der Waals surface area contributed by atoms with Gasteiger partial charge >= 0.3 is 5.97 Å². The van der Waals surface area contributed by atoms with Gasteiger partial charge in [0.1, 0.15) is 0 Å². The summed E-state index contributed by atoms with van der Waals surface area (Å²) in [5.74, 6) is -0.215. The molecule has 1 radical (unpaired) electrons. The van der Waals surface area contributed by atoms with Gasteiger partial charge in [-0.3, -0.25) is 4.79 Å². The van der Waals surface area contributed by atoms with Crippen molar-refractivity contribution in [2.45, 2.75) is 26.2 Å². The molecule has 0 heterocycles. The lowest BCUT2D eigenvalue weighted by Crippen LogP contribution is -2.07. The van der Waals surface area contributed by atoms with Crippen molar-refractivity contribution < 1.29 is 9.53 Å². The molecule has 0 aliphatic heterocycles. The molecule has 1 rings (SSSR count). The number of hydrogen-bond acceptors (Lipinski definition) is 2. The van der Waals surface area contributed by atoms with E-state index in [0.29, 0.717) is 13.0 Å². The summed E-state index contributed by atoms with van der Waals surface area (Å²) in [6.07, 6.45) is 4.22. The van der Waals surface area contributed by atoms with Gasteiger partial charge in [-0.2, -0.15) is 0 Å². The van der Waals surface area contributed by atoms with Crippen molar-refractivity contribution in [1.29, 1.82) is 0 Å². The number of benzene rings is 1. The van der Waals surface area contributed by atoms with Gasteiger partial charge in [0.05, 0.1) is 13.0 Å². The molecule has 81 valence electrons. The van der Waals surface area contributed by atoms with E-state index < -0.39 is 0 Å². The number of ether oxygens (including phenoxy) is 1. The van der Waals surface area contributed by atoms with E-state index in [1.165, 1.54) is 0 Å². The van der Waals surface area contributed by atoms with Gasteiger partial charge in [0.2, 0.25) is 0 Å². The fourth-order valence-corrected chi connectivity index (χ4v) is 1.19. The normalized spacial score (nSPS) is 9.93. The zero-order chi connectivity index (χ0) is 10.9. The Morgan fingerprint density at radius 2 is 2.07 bits per heavy atom. The third kappa shape index (κ3) is 5.21. The molecule has 2 heteroatoms. The zero-order valence-corrected chi connectivity index (χ0v) is 9.11. The second kappa shape index (κ2) is 7.04. The first-order valence-electron chi connectivity index (χ1n) is 5.37. The van der Waals surface area contributed by atoms with Crippen LogP contribution in [0.1, 0.15) is 25.3 Å². The Balaban J connectivity index is 2.17. The van der Waals surface area contributed by atoms with E-state index in [9.17, 15) is 4.79 Å². The summed E-state index contributed by atoms with van der Waals surface area (Å²) in [7, 11) is 0. The molecule has 0 N–H and O–H groups in total. The van der Waals surface area contributed by atoms with Crippen molar-refractivity contribution in [2.24, 2.45) is 0 Å². The summed E-state index contributed by atoms with van der Waals surface area (Å²) in [5.41, 5.74) is 1.13. The van der Waals surface area contributed by atoms with E-state index in [1.54, 1.807) is 6.42 Å². The fraction of sp³-hybridized carbons (Fsp3) is 0.385. The minimum absolute atomic E-state index is 0.215. The summed E-state index contributed by atoms with van der Waals surface area (Å²) in [4.78, 5) is 11.2. The highest BCUT2D eigenvalue weighted by molar-refractivity contribution is 5.79. The van der Waals surface area contributed by atoms with Gasteiger partial charge in [-0.05, 0) is 18.4 Å². The van der Waals surface area contributed by atoms with Gasteiger partial charge in [0.15, 0.2) is 0 Å². The Bertz CT molecular complexity index is 280. The third-order valence-corrected chi connectivity index (χ3v) is 2.09. The van der Waals surface area contributed by atoms with Gasteiger partial charge in [-0.1, -0.05) is 43.7 Å². The van der Waals surface area contributed by atoms with Gasteiger partial charge in [-0.25, -0.2) is 0 Å². The van der Waals surface area contributed by atoms with E-state index in [4.69, 9.17) is 4.74 Å². The van der Waals surface area contributed by atoms with Crippen molar-refractivity contribution >= 4 is 5.97 Å². The average molecular weight is 205 g/mol. The van der Waals surface area contributed by atoms with Crippen molar-refractivity contribution in [3.05, 3.63) is 42.3 Å². The summed E-state index contributed by atoms with van der Waals surface area (Å²) < 4.78 is 5.01. The monoisotopic (exact) mass is 205 g/mol. The highest BCUT2D eigenvalue weighted by Crippen LogP contribution is 2.02. The fourth-order valence-electron chi connectivity index (χ4n) is 1.19. The Morgan fingerprint density at radius 3 is 2.73 bits per heavy atom. The SMILES string of the molecule is CCCCOC(=O)[CH]Cc1ccccc1. The Kier molecular flexibility index (Phi) is 5.52. The van der Waals surface area contributed by atoms with Gasteiger partial charge in [0, 0.05) is 0 Å². The Labute approximate surface area is 91.3 Å². The lowest BCUT2D eigenvalue weighted by Gasteiger charge is -2.03. The first kappa shape index (κ1) is 11.8. The van der Waals surface area contributed by atoms with Gasteiger partial charge in [0.25, 0.3) is 0 Å². The van der Waals surface area contributed by atoms with Crippen LogP contribution in [0.2, 0.25) is 0 Å². The standard InChI is InChI=1S/C13H17O2/c1-2-3-11-15-13(14)10-9-12-7-5-4-6-8-12/h4-8,10H,2-3,9,11H2,1H3. The molecule has 0 aromatic heterocycles. The highest BCUT2D eigenvalue weighted by atomic mass is 16.5. The first-order chi connectivity index (χ1) is 7.33. The molecule has 0 unspecified atom stereocenters.